The van der Waals surface area contributed by atoms with Gasteiger partial charge in [-0.2, -0.15) is 4.98 Å². The van der Waals surface area contributed by atoms with Crippen molar-refractivity contribution in [3.63, 3.8) is 0 Å². The molecular weight excluding hydrogens is 290 g/mol. The Morgan fingerprint density at radius 1 is 1.13 bits per heavy atom. The van der Waals surface area contributed by atoms with Crippen molar-refractivity contribution < 1.29 is 9.32 Å². The molecule has 0 aliphatic heterocycles. The zero-order chi connectivity index (χ0) is 16.2. The zero-order valence-electron chi connectivity index (χ0n) is 13.0. The van der Waals surface area contributed by atoms with Crippen molar-refractivity contribution in [1.29, 1.82) is 0 Å². The summed E-state index contributed by atoms with van der Waals surface area (Å²) < 4.78 is 5.36. The third-order valence-corrected chi connectivity index (χ3v) is 3.54. The Labute approximate surface area is 134 Å². The fourth-order valence-corrected chi connectivity index (χ4v) is 2.17. The quantitative estimate of drug-likeness (QED) is 0.789. The van der Waals surface area contributed by atoms with E-state index in [1.54, 1.807) is 0 Å². The van der Waals surface area contributed by atoms with E-state index in [9.17, 15) is 4.79 Å². The largest absolute Gasteiger partial charge is 0.334 e. The van der Waals surface area contributed by atoms with Crippen LogP contribution in [0.1, 0.15) is 18.9 Å². The van der Waals surface area contributed by atoms with Crippen LogP contribution in [0.25, 0.3) is 22.8 Å². The molecule has 0 saturated heterocycles. The summed E-state index contributed by atoms with van der Waals surface area (Å²) in [6, 6.07) is 15.3. The Bertz CT molecular complexity index is 825. The van der Waals surface area contributed by atoms with E-state index in [0.717, 1.165) is 22.4 Å². The Morgan fingerprint density at radius 2 is 1.91 bits per heavy atom. The van der Waals surface area contributed by atoms with Gasteiger partial charge in [0.05, 0.1) is 0 Å². The topological polar surface area (TPSA) is 68.0 Å². The molecule has 2 aromatic carbocycles. The Hall–Kier alpha value is -2.95. The molecule has 1 aromatic heterocycles. The molecule has 5 heteroatoms. The van der Waals surface area contributed by atoms with Crippen LogP contribution in [0.5, 0.6) is 0 Å². The van der Waals surface area contributed by atoms with Crippen LogP contribution in [0.15, 0.2) is 53.1 Å². The number of carbonyl (C=O) groups is 1. The fourth-order valence-electron chi connectivity index (χ4n) is 2.17. The third-order valence-electron chi connectivity index (χ3n) is 3.54. The zero-order valence-corrected chi connectivity index (χ0v) is 13.0. The van der Waals surface area contributed by atoms with E-state index in [1.807, 2.05) is 62.4 Å². The maximum atomic E-state index is 11.6. The molecule has 3 aromatic rings. The van der Waals surface area contributed by atoms with Crippen LogP contribution >= 0.6 is 0 Å². The molecule has 0 aliphatic carbocycles. The van der Waals surface area contributed by atoms with Gasteiger partial charge < -0.3 is 9.84 Å². The van der Waals surface area contributed by atoms with Crippen LogP contribution in [0.3, 0.4) is 0 Å². The highest BCUT2D eigenvalue weighted by Gasteiger charge is 2.12. The van der Waals surface area contributed by atoms with Gasteiger partial charge in [-0.25, -0.2) is 0 Å². The third kappa shape index (κ3) is 3.29. The van der Waals surface area contributed by atoms with Crippen LogP contribution in [-0.2, 0) is 4.79 Å². The van der Waals surface area contributed by atoms with Crippen molar-refractivity contribution in [3.05, 3.63) is 54.1 Å². The molecule has 0 unspecified atom stereocenters. The summed E-state index contributed by atoms with van der Waals surface area (Å²) in [5.41, 5.74) is 3.41. The van der Waals surface area contributed by atoms with Gasteiger partial charge in [-0.1, -0.05) is 48.5 Å². The van der Waals surface area contributed by atoms with Gasteiger partial charge >= 0.3 is 0 Å². The lowest BCUT2D eigenvalue weighted by Gasteiger charge is -2.08. The molecule has 1 amide bonds. The first-order chi connectivity index (χ1) is 11.2. The predicted molar refractivity (Wildman–Crippen MR) is 88.8 cm³/mol. The summed E-state index contributed by atoms with van der Waals surface area (Å²) in [4.78, 5) is 16.0. The van der Waals surface area contributed by atoms with E-state index in [2.05, 4.69) is 15.5 Å². The second-order valence-electron chi connectivity index (χ2n) is 5.22. The first-order valence-corrected chi connectivity index (χ1v) is 7.47. The lowest BCUT2D eigenvalue weighted by Crippen LogP contribution is -2.10. The van der Waals surface area contributed by atoms with Crippen molar-refractivity contribution in [2.24, 2.45) is 0 Å². The van der Waals surface area contributed by atoms with Gasteiger partial charge in [-0.3, -0.25) is 4.79 Å². The number of aromatic nitrogens is 2. The van der Waals surface area contributed by atoms with Crippen LogP contribution in [0.2, 0.25) is 0 Å². The van der Waals surface area contributed by atoms with Crippen molar-refractivity contribution >= 4 is 11.6 Å². The Kier molecular flexibility index (Phi) is 4.19. The molecule has 0 saturated carbocycles. The molecule has 1 N–H and O–H groups in total. The second kappa shape index (κ2) is 6.44. The Morgan fingerprint density at radius 3 is 2.65 bits per heavy atom. The first-order valence-electron chi connectivity index (χ1n) is 7.47. The number of nitrogens with one attached hydrogen (secondary N) is 1. The molecule has 0 radical (unpaired) electrons. The average Bonchev–Trinajstić information content (AvgIpc) is 3.07. The molecule has 3 rings (SSSR count). The van der Waals surface area contributed by atoms with Gasteiger partial charge in [0.2, 0.25) is 11.7 Å². The highest BCUT2D eigenvalue weighted by molar-refractivity contribution is 5.92. The lowest BCUT2D eigenvalue weighted by atomic mass is 10.1. The van der Waals surface area contributed by atoms with Crippen molar-refractivity contribution in [1.82, 2.24) is 10.1 Å². The van der Waals surface area contributed by atoms with Crippen LogP contribution < -0.4 is 5.32 Å². The SMILES string of the molecule is CCC(=O)Nc1cc(-c2nc(-c3ccccc3)no2)ccc1C. The summed E-state index contributed by atoms with van der Waals surface area (Å²) >= 11 is 0. The smallest absolute Gasteiger partial charge is 0.258 e. The molecule has 0 spiro atoms. The van der Waals surface area contributed by atoms with Crippen LogP contribution in [0, 0.1) is 6.92 Å². The monoisotopic (exact) mass is 307 g/mol. The summed E-state index contributed by atoms with van der Waals surface area (Å²) in [7, 11) is 0. The fraction of sp³-hybridized carbons (Fsp3) is 0.167. The normalized spacial score (nSPS) is 10.5. The molecule has 5 nitrogen and oxygen atoms in total. The van der Waals surface area contributed by atoms with Gasteiger partial charge in [0.15, 0.2) is 0 Å². The molecule has 116 valence electrons. The van der Waals surface area contributed by atoms with E-state index in [4.69, 9.17) is 4.52 Å². The molecule has 0 fully saturated rings. The summed E-state index contributed by atoms with van der Waals surface area (Å²) in [6.45, 7) is 3.76. The summed E-state index contributed by atoms with van der Waals surface area (Å²) in [6.07, 6.45) is 0.433. The van der Waals surface area contributed by atoms with Crippen molar-refractivity contribution in [2.45, 2.75) is 20.3 Å². The van der Waals surface area contributed by atoms with E-state index in [0.29, 0.717) is 18.1 Å². The van der Waals surface area contributed by atoms with Gasteiger partial charge in [0.25, 0.3) is 5.89 Å². The first kappa shape index (κ1) is 15.0. The molecular formula is C18H17N3O2. The minimum absolute atomic E-state index is 0.0271. The maximum absolute atomic E-state index is 11.6. The molecule has 1 heterocycles. The highest BCUT2D eigenvalue weighted by atomic mass is 16.5. The van der Waals surface area contributed by atoms with Crippen molar-refractivity contribution in [2.75, 3.05) is 5.32 Å². The van der Waals surface area contributed by atoms with E-state index >= 15 is 0 Å². The molecule has 0 atom stereocenters. The van der Waals surface area contributed by atoms with Gasteiger partial charge in [0.1, 0.15) is 0 Å². The summed E-state index contributed by atoms with van der Waals surface area (Å²) in [5, 5.41) is 6.90. The molecule has 23 heavy (non-hydrogen) atoms. The van der Waals surface area contributed by atoms with E-state index in [1.165, 1.54) is 0 Å². The lowest BCUT2D eigenvalue weighted by molar-refractivity contribution is -0.115. The number of hydrogen-bond acceptors (Lipinski definition) is 4. The standard InChI is InChI=1S/C18H17N3O2/c1-3-16(22)19-15-11-14(10-9-12(15)2)18-20-17(21-23-18)13-7-5-4-6-8-13/h4-11H,3H2,1-2H3,(H,19,22). The molecule has 0 aliphatic rings. The minimum Gasteiger partial charge on any atom is -0.334 e. The number of rotatable bonds is 4. The number of benzene rings is 2. The number of anilines is 1. The number of amides is 1. The van der Waals surface area contributed by atoms with E-state index < -0.39 is 0 Å². The highest BCUT2D eigenvalue weighted by Crippen LogP contribution is 2.26. The number of nitrogens with zero attached hydrogens (tertiary/aromatic N) is 2. The van der Waals surface area contributed by atoms with Crippen LogP contribution in [-0.4, -0.2) is 16.0 Å². The van der Waals surface area contributed by atoms with Gasteiger partial charge in [0, 0.05) is 23.2 Å². The van der Waals surface area contributed by atoms with E-state index in [-0.39, 0.29) is 5.91 Å². The van der Waals surface area contributed by atoms with Gasteiger partial charge in [-0.05, 0) is 24.6 Å². The van der Waals surface area contributed by atoms with Crippen molar-refractivity contribution in [3.8, 4) is 22.8 Å². The number of aryl methyl sites for hydroxylation is 1. The number of carbonyl (C=O) groups excluding carboxylic acids is 1. The number of hydrogen-bond donors (Lipinski definition) is 1. The minimum atomic E-state index is -0.0271. The summed E-state index contributed by atoms with van der Waals surface area (Å²) in [5.74, 6) is 0.942. The second-order valence-corrected chi connectivity index (χ2v) is 5.22. The maximum Gasteiger partial charge on any atom is 0.258 e. The van der Waals surface area contributed by atoms with Crippen LogP contribution in [0.4, 0.5) is 5.69 Å². The van der Waals surface area contributed by atoms with Gasteiger partial charge in [-0.15, -0.1) is 0 Å². The molecule has 0 bridgehead atoms. The Balaban J connectivity index is 1.92. The predicted octanol–water partition coefficient (Wildman–Crippen LogP) is 4.06. The average molecular weight is 307 g/mol.